The molecule has 1 heterocycles. The highest BCUT2D eigenvalue weighted by atomic mass is 16.6. The Hall–Kier alpha value is -3.61. The van der Waals surface area contributed by atoms with Crippen molar-refractivity contribution < 1.29 is 23.5 Å². The van der Waals surface area contributed by atoms with E-state index in [0.717, 1.165) is 6.42 Å². The number of carbonyl (C=O) groups excluding carboxylic acids is 2. The van der Waals surface area contributed by atoms with Crippen molar-refractivity contribution in [2.75, 3.05) is 6.61 Å². The fourth-order valence-corrected chi connectivity index (χ4v) is 2.97. The summed E-state index contributed by atoms with van der Waals surface area (Å²) in [5.41, 5.74) is 0.568. The third-order valence-electron chi connectivity index (χ3n) is 5.08. The van der Waals surface area contributed by atoms with E-state index in [-0.39, 0.29) is 29.5 Å². The van der Waals surface area contributed by atoms with Crippen LogP contribution in [-0.4, -0.2) is 24.5 Å². The lowest BCUT2D eigenvalue weighted by Gasteiger charge is -2.11. The van der Waals surface area contributed by atoms with Crippen LogP contribution in [0.5, 0.6) is 11.5 Å². The van der Waals surface area contributed by atoms with E-state index in [1.54, 1.807) is 12.1 Å². The SMILES string of the molecule is CCC(C)NC(=O)c1cc2ccc(OC(=O)COc3ccc(C(C)C)cc3)cc2oc1=O. The van der Waals surface area contributed by atoms with Gasteiger partial charge in [0.05, 0.1) is 0 Å². The van der Waals surface area contributed by atoms with Crippen LogP contribution in [-0.2, 0) is 4.79 Å². The molecular formula is C25H27NO6. The van der Waals surface area contributed by atoms with Gasteiger partial charge in [-0.3, -0.25) is 4.79 Å². The van der Waals surface area contributed by atoms with Gasteiger partial charge in [0.25, 0.3) is 5.91 Å². The molecular weight excluding hydrogens is 410 g/mol. The van der Waals surface area contributed by atoms with Crippen molar-refractivity contribution in [2.24, 2.45) is 0 Å². The Bertz CT molecular complexity index is 1160. The molecule has 1 aromatic heterocycles. The summed E-state index contributed by atoms with van der Waals surface area (Å²) < 4.78 is 16.0. The Kier molecular flexibility index (Phi) is 7.30. The highest BCUT2D eigenvalue weighted by molar-refractivity contribution is 5.97. The van der Waals surface area contributed by atoms with Crippen molar-refractivity contribution in [3.63, 3.8) is 0 Å². The second-order valence-electron chi connectivity index (χ2n) is 7.92. The van der Waals surface area contributed by atoms with Crippen LogP contribution >= 0.6 is 0 Å². The first-order valence-electron chi connectivity index (χ1n) is 10.6. The zero-order valence-corrected chi connectivity index (χ0v) is 18.6. The Morgan fingerprint density at radius 1 is 1.00 bits per heavy atom. The van der Waals surface area contributed by atoms with Gasteiger partial charge in [-0.1, -0.05) is 32.9 Å². The molecule has 1 amide bonds. The number of rotatable bonds is 8. The van der Waals surface area contributed by atoms with Crippen LogP contribution in [0, 0.1) is 0 Å². The van der Waals surface area contributed by atoms with Gasteiger partial charge in [-0.25, -0.2) is 9.59 Å². The maximum absolute atomic E-state index is 12.3. The lowest BCUT2D eigenvalue weighted by molar-refractivity contribution is -0.136. The predicted octanol–water partition coefficient (Wildman–Crippen LogP) is 4.43. The third kappa shape index (κ3) is 5.75. The predicted molar refractivity (Wildman–Crippen MR) is 121 cm³/mol. The van der Waals surface area contributed by atoms with Crippen LogP contribution in [0.15, 0.2) is 57.7 Å². The maximum Gasteiger partial charge on any atom is 0.349 e. The maximum atomic E-state index is 12.3. The zero-order valence-electron chi connectivity index (χ0n) is 18.6. The Morgan fingerprint density at radius 3 is 2.34 bits per heavy atom. The largest absolute Gasteiger partial charge is 0.482 e. The van der Waals surface area contributed by atoms with Gasteiger partial charge < -0.3 is 19.2 Å². The molecule has 0 saturated heterocycles. The first-order valence-corrected chi connectivity index (χ1v) is 10.6. The summed E-state index contributed by atoms with van der Waals surface area (Å²) in [6.45, 7) is 7.72. The van der Waals surface area contributed by atoms with E-state index in [9.17, 15) is 14.4 Å². The number of esters is 1. The van der Waals surface area contributed by atoms with Gasteiger partial charge in [-0.05, 0) is 55.2 Å². The Balaban J connectivity index is 1.66. The van der Waals surface area contributed by atoms with Crippen LogP contribution in [0.25, 0.3) is 11.0 Å². The molecule has 0 saturated carbocycles. The number of benzene rings is 2. The lowest BCUT2D eigenvalue weighted by atomic mass is 10.0. The van der Waals surface area contributed by atoms with E-state index in [1.807, 2.05) is 38.1 Å². The zero-order chi connectivity index (χ0) is 23.3. The standard InChI is InChI=1S/C25H27NO6/c1-5-16(4)26-24(28)21-12-18-8-11-20(13-22(18)32-25(21)29)31-23(27)14-30-19-9-6-17(7-10-19)15(2)3/h6-13,15-16H,5,14H2,1-4H3,(H,26,28). The molecule has 1 unspecified atom stereocenters. The van der Waals surface area contributed by atoms with Crippen LogP contribution in [0.3, 0.4) is 0 Å². The molecule has 0 bridgehead atoms. The van der Waals surface area contributed by atoms with E-state index in [2.05, 4.69) is 19.2 Å². The summed E-state index contributed by atoms with van der Waals surface area (Å²) in [5, 5.41) is 3.28. The number of fused-ring (bicyclic) bond motifs is 1. The summed E-state index contributed by atoms with van der Waals surface area (Å²) in [6.07, 6.45) is 0.742. The molecule has 0 radical (unpaired) electrons. The number of ether oxygens (including phenoxy) is 2. The van der Waals surface area contributed by atoms with Crippen LogP contribution in [0.1, 0.15) is 56.0 Å². The number of nitrogens with one attached hydrogen (secondary N) is 1. The Labute approximate surface area is 186 Å². The molecule has 0 aliphatic heterocycles. The van der Waals surface area contributed by atoms with E-state index in [0.29, 0.717) is 17.1 Å². The molecule has 7 heteroatoms. The summed E-state index contributed by atoms with van der Waals surface area (Å²) in [6, 6.07) is 13.5. The average molecular weight is 437 g/mol. The van der Waals surface area contributed by atoms with E-state index in [1.165, 1.54) is 17.7 Å². The number of carbonyl (C=O) groups is 2. The molecule has 168 valence electrons. The van der Waals surface area contributed by atoms with Gasteiger partial charge in [0.15, 0.2) is 6.61 Å². The summed E-state index contributed by atoms with van der Waals surface area (Å²) >= 11 is 0. The lowest BCUT2D eigenvalue weighted by Crippen LogP contribution is -2.34. The van der Waals surface area contributed by atoms with Gasteiger partial charge in [0.1, 0.15) is 22.6 Å². The molecule has 0 aliphatic rings. The molecule has 3 rings (SSSR count). The number of hydrogen-bond acceptors (Lipinski definition) is 6. The fraction of sp³-hybridized carbons (Fsp3) is 0.320. The average Bonchev–Trinajstić information content (AvgIpc) is 2.77. The summed E-state index contributed by atoms with van der Waals surface area (Å²) in [7, 11) is 0. The highest BCUT2D eigenvalue weighted by Crippen LogP contribution is 2.22. The minimum absolute atomic E-state index is 0.0604. The smallest absolute Gasteiger partial charge is 0.349 e. The van der Waals surface area contributed by atoms with Gasteiger partial charge >= 0.3 is 11.6 Å². The van der Waals surface area contributed by atoms with Gasteiger partial charge in [-0.2, -0.15) is 0 Å². The second-order valence-corrected chi connectivity index (χ2v) is 7.92. The van der Waals surface area contributed by atoms with Gasteiger partial charge in [0.2, 0.25) is 0 Å². The molecule has 0 fully saturated rings. The minimum Gasteiger partial charge on any atom is -0.482 e. The molecule has 7 nitrogen and oxygen atoms in total. The van der Waals surface area contributed by atoms with E-state index >= 15 is 0 Å². The topological polar surface area (TPSA) is 94.8 Å². The molecule has 3 aromatic rings. The fourth-order valence-electron chi connectivity index (χ4n) is 2.97. The van der Waals surface area contributed by atoms with Gasteiger partial charge in [0, 0.05) is 17.5 Å². The summed E-state index contributed by atoms with van der Waals surface area (Å²) in [4.78, 5) is 36.7. The first-order chi connectivity index (χ1) is 15.3. The Morgan fingerprint density at radius 2 is 1.69 bits per heavy atom. The van der Waals surface area contributed by atoms with Crippen molar-refractivity contribution in [3.05, 3.63) is 70.1 Å². The van der Waals surface area contributed by atoms with Gasteiger partial charge in [-0.15, -0.1) is 0 Å². The third-order valence-corrected chi connectivity index (χ3v) is 5.08. The van der Waals surface area contributed by atoms with Crippen LogP contribution < -0.4 is 20.4 Å². The van der Waals surface area contributed by atoms with E-state index in [4.69, 9.17) is 13.9 Å². The molecule has 1 atom stereocenters. The van der Waals surface area contributed by atoms with E-state index < -0.39 is 17.5 Å². The van der Waals surface area contributed by atoms with Crippen molar-refractivity contribution >= 4 is 22.8 Å². The second kappa shape index (κ2) is 10.1. The highest BCUT2D eigenvalue weighted by Gasteiger charge is 2.16. The normalized spacial score (nSPS) is 11.9. The molecule has 0 aliphatic carbocycles. The molecule has 0 spiro atoms. The minimum atomic E-state index is -0.755. The summed E-state index contributed by atoms with van der Waals surface area (Å²) in [5.74, 6) is 0.112. The van der Waals surface area contributed by atoms with Crippen molar-refractivity contribution in [1.82, 2.24) is 5.32 Å². The van der Waals surface area contributed by atoms with Crippen molar-refractivity contribution in [2.45, 2.75) is 46.1 Å². The van der Waals surface area contributed by atoms with Crippen LogP contribution in [0.2, 0.25) is 0 Å². The van der Waals surface area contributed by atoms with Crippen molar-refractivity contribution in [3.8, 4) is 11.5 Å². The monoisotopic (exact) mass is 437 g/mol. The quantitative estimate of drug-likeness (QED) is 0.318. The van der Waals surface area contributed by atoms with Crippen molar-refractivity contribution in [1.29, 1.82) is 0 Å². The molecule has 1 N–H and O–H groups in total. The molecule has 32 heavy (non-hydrogen) atoms. The van der Waals surface area contributed by atoms with Crippen LogP contribution in [0.4, 0.5) is 0 Å². The molecule has 2 aromatic carbocycles. The number of hydrogen-bond donors (Lipinski definition) is 1. The number of amides is 1. The first kappa shape index (κ1) is 23.1.